The first-order valence-electron chi connectivity index (χ1n) is 10.4. The second kappa shape index (κ2) is 7.61. The molecule has 2 aromatic heterocycles. The number of hydrogen-bond donors (Lipinski definition) is 1. The molecule has 0 amide bonds. The SMILES string of the molecule is Cc1ccc(-n2nc(C(F)F)cc2-c2nc(C3(c4ccccc4C)CC3)no2)cc1C(=O)O. The summed E-state index contributed by atoms with van der Waals surface area (Å²) >= 11 is 0. The number of alkyl halides is 2. The van der Waals surface area contributed by atoms with Gasteiger partial charge in [-0.3, -0.25) is 0 Å². The minimum absolute atomic E-state index is 0.0432. The molecule has 2 heterocycles. The molecule has 1 fully saturated rings. The van der Waals surface area contributed by atoms with Crippen LogP contribution in [0.4, 0.5) is 8.78 Å². The van der Waals surface area contributed by atoms with Gasteiger partial charge in [0, 0.05) is 0 Å². The first-order chi connectivity index (χ1) is 15.8. The summed E-state index contributed by atoms with van der Waals surface area (Å²) < 4.78 is 33.7. The van der Waals surface area contributed by atoms with Crippen LogP contribution in [-0.4, -0.2) is 31.0 Å². The van der Waals surface area contributed by atoms with Gasteiger partial charge in [-0.2, -0.15) is 10.1 Å². The van der Waals surface area contributed by atoms with Crippen molar-refractivity contribution in [1.82, 2.24) is 19.9 Å². The van der Waals surface area contributed by atoms with Crippen LogP contribution in [-0.2, 0) is 5.41 Å². The van der Waals surface area contributed by atoms with E-state index in [-0.39, 0.29) is 22.6 Å². The van der Waals surface area contributed by atoms with E-state index in [2.05, 4.69) is 15.2 Å². The highest BCUT2D eigenvalue weighted by molar-refractivity contribution is 5.90. The van der Waals surface area contributed by atoms with Gasteiger partial charge in [-0.15, -0.1) is 0 Å². The first-order valence-corrected chi connectivity index (χ1v) is 10.4. The fourth-order valence-electron chi connectivity index (χ4n) is 4.20. The van der Waals surface area contributed by atoms with Gasteiger partial charge < -0.3 is 9.63 Å². The van der Waals surface area contributed by atoms with E-state index in [1.54, 1.807) is 19.1 Å². The highest BCUT2D eigenvalue weighted by atomic mass is 19.3. The molecule has 0 saturated heterocycles. The van der Waals surface area contributed by atoms with Gasteiger partial charge in [-0.05, 0) is 61.6 Å². The monoisotopic (exact) mass is 450 g/mol. The quantitative estimate of drug-likeness (QED) is 0.431. The second-order valence-electron chi connectivity index (χ2n) is 8.29. The predicted molar refractivity (Wildman–Crippen MR) is 115 cm³/mol. The van der Waals surface area contributed by atoms with Crippen molar-refractivity contribution in [2.24, 2.45) is 0 Å². The Morgan fingerprint density at radius 3 is 2.55 bits per heavy atom. The fourth-order valence-corrected chi connectivity index (χ4v) is 4.20. The van der Waals surface area contributed by atoms with Crippen LogP contribution in [0.15, 0.2) is 53.1 Å². The third-order valence-corrected chi connectivity index (χ3v) is 6.13. The molecule has 1 aliphatic rings. The zero-order chi connectivity index (χ0) is 23.3. The number of aryl methyl sites for hydroxylation is 2. The van der Waals surface area contributed by atoms with E-state index in [4.69, 9.17) is 4.52 Å². The summed E-state index contributed by atoms with van der Waals surface area (Å²) in [4.78, 5) is 16.1. The summed E-state index contributed by atoms with van der Waals surface area (Å²) in [6.45, 7) is 3.69. The Hall–Kier alpha value is -3.88. The Bertz CT molecular complexity index is 1370. The number of carboxylic acid groups (broad SMARTS) is 1. The van der Waals surface area contributed by atoms with E-state index in [0.717, 1.165) is 24.0 Å². The van der Waals surface area contributed by atoms with Crippen LogP contribution in [0.1, 0.15) is 57.8 Å². The third-order valence-electron chi connectivity index (χ3n) is 6.13. The maximum atomic E-state index is 13.5. The van der Waals surface area contributed by atoms with Gasteiger partial charge in [0.15, 0.2) is 5.82 Å². The van der Waals surface area contributed by atoms with E-state index in [1.165, 1.54) is 16.8 Å². The van der Waals surface area contributed by atoms with Crippen LogP contribution in [0.3, 0.4) is 0 Å². The Morgan fingerprint density at radius 2 is 1.88 bits per heavy atom. The highest BCUT2D eigenvalue weighted by Crippen LogP contribution is 2.53. The summed E-state index contributed by atoms with van der Waals surface area (Å²) in [7, 11) is 0. The van der Waals surface area contributed by atoms with Crippen molar-refractivity contribution in [2.45, 2.75) is 38.5 Å². The molecule has 9 heteroatoms. The van der Waals surface area contributed by atoms with Crippen LogP contribution < -0.4 is 0 Å². The molecular formula is C24H20F2N4O3. The van der Waals surface area contributed by atoms with Crippen LogP contribution in [0, 0.1) is 13.8 Å². The lowest BCUT2D eigenvalue weighted by Gasteiger charge is -2.13. The number of carbonyl (C=O) groups is 1. The van der Waals surface area contributed by atoms with Gasteiger partial charge in [0.05, 0.1) is 16.7 Å². The summed E-state index contributed by atoms with van der Waals surface area (Å²) in [6, 6.07) is 13.8. The Morgan fingerprint density at radius 1 is 1.12 bits per heavy atom. The molecule has 0 spiro atoms. The Balaban J connectivity index is 1.61. The van der Waals surface area contributed by atoms with E-state index >= 15 is 0 Å². The molecular weight excluding hydrogens is 430 g/mol. The lowest BCUT2D eigenvalue weighted by molar-refractivity contribution is 0.0696. The number of halogens is 2. The van der Waals surface area contributed by atoms with Crippen LogP contribution in [0.5, 0.6) is 0 Å². The van der Waals surface area contributed by atoms with Crippen LogP contribution >= 0.6 is 0 Å². The summed E-state index contributed by atoms with van der Waals surface area (Å²) in [5.41, 5.74) is 2.48. The average molecular weight is 450 g/mol. The smallest absolute Gasteiger partial charge is 0.336 e. The zero-order valence-electron chi connectivity index (χ0n) is 17.9. The van der Waals surface area contributed by atoms with Gasteiger partial charge in [0.25, 0.3) is 12.3 Å². The zero-order valence-corrected chi connectivity index (χ0v) is 17.9. The normalized spacial score (nSPS) is 14.6. The van der Waals surface area contributed by atoms with Gasteiger partial charge in [-0.25, -0.2) is 18.3 Å². The van der Waals surface area contributed by atoms with Gasteiger partial charge in [0.2, 0.25) is 0 Å². The molecule has 0 radical (unpaired) electrons. The van der Waals surface area contributed by atoms with E-state index in [9.17, 15) is 18.7 Å². The number of carboxylic acids is 1. The number of aromatic carboxylic acids is 1. The maximum Gasteiger partial charge on any atom is 0.336 e. The standard InChI is InChI=1S/C24H20F2N4O3/c1-13-7-8-15(11-16(13)22(31)32)30-19(12-18(28-30)20(25)26)21-27-23(29-33-21)24(9-10-24)17-6-4-3-5-14(17)2/h3-8,11-12,20H,9-10H2,1-2H3,(H,31,32). The molecule has 0 bridgehead atoms. The predicted octanol–water partition coefficient (Wildman–Crippen LogP) is 5.25. The molecule has 1 aliphatic carbocycles. The second-order valence-corrected chi connectivity index (χ2v) is 8.29. The Labute approximate surface area is 187 Å². The average Bonchev–Trinajstić information content (AvgIpc) is 3.22. The highest BCUT2D eigenvalue weighted by Gasteiger charge is 2.50. The minimum Gasteiger partial charge on any atom is -0.478 e. The van der Waals surface area contributed by atoms with Gasteiger partial charge >= 0.3 is 5.97 Å². The number of aromatic nitrogens is 4. The minimum atomic E-state index is -2.82. The molecule has 0 aliphatic heterocycles. The summed E-state index contributed by atoms with van der Waals surface area (Å²) in [5, 5.41) is 17.6. The van der Waals surface area contributed by atoms with Crippen molar-refractivity contribution >= 4 is 5.97 Å². The summed E-state index contributed by atoms with van der Waals surface area (Å²) in [6.07, 6.45) is -1.10. The molecule has 0 unspecified atom stereocenters. The molecule has 1 N–H and O–H groups in total. The molecule has 4 aromatic rings. The van der Waals surface area contributed by atoms with Crippen molar-refractivity contribution in [3.05, 3.63) is 82.3 Å². The van der Waals surface area contributed by atoms with Crippen molar-refractivity contribution < 1.29 is 23.2 Å². The fraction of sp³-hybridized carbons (Fsp3) is 0.250. The topological polar surface area (TPSA) is 94.0 Å². The molecule has 0 atom stereocenters. The number of hydrogen-bond acceptors (Lipinski definition) is 5. The molecule has 7 nitrogen and oxygen atoms in total. The third kappa shape index (κ3) is 3.49. The molecule has 5 rings (SSSR count). The van der Waals surface area contributed by atoms with Gasteiger partial charge in [-0.1, -0.05) is 35.5 Å². The van der Waals surface area contributed by atoms with Crippen molar-refractivity contribution in [3.8, 4) is 17.3 Å². The molecule has 2 aromatic carbocycles. The van der Waals surface area contributed by atoms with E-state index in [0.29, 0.717) is 17.1 Å². The number of benzene rings is 2. The summed E-state index contributed by atoms with van der Waals surface area (Å²) in [5.74, 6) is -0.582. The van der Waals surface area contributed by atoms with E-state index in [1.807, 2.05) is 31.2 Å². The largest absolute Gasteiger partial charge is 0.478 e. The van der Waals surface area contributed by atoms with Crippen molar-refractivity contribution in [2.75, 3.05) is 0 Å². The van der Waals surface area contributed by atoms with Crippen molar-refractivity contribution in [1.29, 1.82) is 0 Å². The van der Waals surface area contributed by atoms with Crippen molar-refractivity contribution in [3.63, 3.8) is 0 Å². The van der Waals surface area contributed by atoms with Crippen LogP contribution in [0.25, 0.3) is 17.3 Å². The Kier molecular flexibility index (Phi) is 4.84. The molecule has 33 heavy (non-hydrogen) atoms. The number of nitrogens with zero attached hydrogens (tertiary/aromatic N) is 4. The maximum absolute atomic E-state index is 13.5. The lowest BCUT2D eigenvalue weighted by Crippen LogP contribution is -2.12. The van der Waals surface area contributed by atoms with Gasteiger partial charge in [0.1, 0.15) is 11.4 Å². The lowest BCUT2D eigenvalue weighted by atomic mass is 9.91. The van der Waals surface area contributed by atoms with Crippen LogP contribution in [0.2, 0.25) is 0 Å². The number of rotatable bonds is 6. The van der Waals surface area contributed by atoms with E-state index < -0.39 is 18.1 Å². The first kappa shape index (κ1) is 21.0. The molecule has 1 saturated carbocycles. The molecule has 168 valence electrons.